The Balaban J connectivity index is 1.47. The molecule has 0 aliphatic carbocycles. The first-order chi connectivity index (χ1) is 14.0. The van der Waals surface area contributed by atoms with Crippen molar-refractivity contribution in [3.63, 3.8) is 0 Å². The highest BCUT2D eigenvalue weighted by molar-refractivity contribution is 6.30. The van der Waals surface area contributed by atoms with Crippen LogP contribution >= 0.6 is 11.6 Å². The fraction of sp³-hybridized carbons (Fsp3) is 0.273. The number of fused-ring (bicyclic) bond motifs is 1. The maximum absolute atomic E-state index is 13.0. The van der Waals surface area contributed by atoms with E-state index in [1.807, 2.05) is 24.3 Å². The third-order valence-electron chi connectivity index (χ3n) is 4.98. The van der Waals surface area contributed by atoms with Crippen molar-refractivity contribution in [2.75, 3.05) is 13.7 Å². The lowest BCUT2D eigenvalue weighted by atomic mass is 10.0. The predicted octanol–water partition coefficient (Wildman–Crippen LogP) is 4.36. The van der Waals surface area contributed by atoms with Crippen molar-refractivity contribution in [2.45, 2.75) is 26.0 Å². The number of hydrogen-bond acceptors (Lipinski definition) is 5. The average Bonchev–Trinajstić information content (AvgIpc) is 3.17. The number of hydrogen-bond donors (Lipinski definition) is 0. The predicted molar refractivity (Wildman–Crippen MR) is 109 cm³/mol. The Morgan fingerprint density at radius 1 is 1.14 bits per heavy atom. The summed E-state index contributed by atoms with van der Waals surface area (Å²) in [4.78, 5) is 14.7. The third-order valence-corrected chi connectivity index (χ3v) is 5.23. The van der Waals surface area contributed by atoms with Gasteiger partial charge in [-0.1, -0.05) is 16.8 Å². The molecule has 2 aromatic carbocycles. The Bertz CT molecular complexity index is 999. The molecular formula is C22H21ClN2O4. The minimum Gasteiger partial charge on any atom is -0.497 e. The van der Waals surface area contributed by atoms with Crippen LogP contribution in [0.15, 0.2) is 53.1 Å². The SMILES string of the molecule is COc1ccc(OC(C)C(=O)N2CCc3noc(-c4ccc(Cl)cc4)c3C2)cc1. The summed E-state index contributed by atoms with van der Waals surface area (Å²) in [7, 11) is 1.61. The fourth-order valence-electron chi connectivity index (χ4n) is 3.39. The quantitative estimate of drug-likeness (QED) is 0.623. The van der Waals surface area contributed by atoms with Crippen LogP contribution in [0.4, 0.5) is 0 Å². The molecule has 1 amide bonds. The second-order valence-corrected chi connectivity index (χ2v) is 7.33. The summed E-state index contributed by atoms with van der Waals surface area (Å²) in [6.45, 7) is 2.77. The molecule has 0 bridgehead atoms. The molecule has 1 atom stereocenters. The smallest absolute Gasteiger partial charge is 0.263 e. The minimum atomic E-state index is -0.608. The molecule has 7 heteroatoms. The Morgan fingerprint density at radius 2 is 1.83 bits per heavy atom. The highest BCUT2D eigenvalue weighted by atomic mass is 35.5. The van der Waals surface area contributed by atoms with Gasteiger partial charge in [0, 0.05) is 29.1 Å². The van der Waals surface area contributed by atoms with Crippen LogP contribution < -0.4 is 9.47 Å². The van der Waals surface area contributed by atoms with Crippen LogP contribution in [0.2, 0.25) is 5.02 Å². The largest absolute Gasteiger partial charge is 0.497 e. The molecule has 0 fully saturated rings. The van der Waals surface area contributed by atoms with Crippen LogP contribution in [0, 0.1) is 0 Å². The number of amides is 1. The minimum absolute atomic E-state index is 0.0743. The molecule has 1 aromatic heterocycles. The number of nitrogens with zero attached hydrogens (tertiary/aromatic N) is 2. The Morgan fingerprint density at radius 3 is 2.52 bits per heavy atom. The van der Waals surface area contributed by atoms with Crippen LogP contribution in [0.1, 0.15) is 18.2 Å². The van der Waals surface area contributed by atoms with E-state index in [0.29, 0.717) is 36.0 Å². The van der Waals surface area contributed by atoms with Gasteiger partial charge in [0.05, 0.1) is 19.3 Å². The topological polar surface area (TPSA) is 64.8 Å². The summed E-state index contributed by atoms with van der Waals surface area (Å²) < 4.78 is 16.5. The number of aromatic nitrogens is 1. The van der Waals surface area contributed by atoms with Gasteiger partial charge >= 0.3 is 0 Å². The molecule has 3 aromatic rings. The molecule has 0 saturated heterocycles. The van der Waals surface area contributed by atoms with E-state index in [2.05, 4.69) is 5.16 Å². The van der Waals surface area contributed by atoms with Gasteiger partial charge < -0.3 is 18.9 Å². The Labute approximate surface area is 174 Å². The number of carbonyl (C=O) groups is 1. The van der Waals surface area contributed by atoms with Crippen molar-refractivity contribution in [3.05, 3.63) is 64.8 Å². The first-order valence-corrected chi connectivity index (χ1v) is 9.76. The first kappa shape index (κ1) is 19.3. The number of benzene rings is 2. The van der Waals surface area contributed by atoms with Gasteiger partial charge in [-0.15, -0.1) is 0 Å². The highest BCUT2D eigenvalue weighted by Crippen LogP contribution is 2.31. The van der Waals surface area contributed by atoms with Gasteiger partial charge in [-0.05, 0) is 55.5 Å². The summed E-state index contributed by atoms with van der Waals surface area (Å²) in [5, 5.41) is 4.85. The normalized spacial score (nSPS) is 14.2. The standard InChI is InChI=1S/C22H21ClN2O4/c1-14(28-18-9-7-17(27-2)8-10-18)22(26)25-12-11-20-19(13-25)21(29-24-20)15-3-5-16(23)6-4-15/h3-10,14H,11-13H2,1-2H3. The second kappa shape index (κ2) is 8.17. The molecule has 6 nitrogen and oxygen atoms in total. The zero-order valence-corrected chi connectivity index (χ0v) is 17.0. The molecule has 0 saturated carbocycles. The lowest BCUT2D eigenvalue weighted by Gasteiger charge is -2.29. The van der Waals surface area contributed by atoms with Crippen LogP contribution in [-0.2, 0) is 17.8 Å². The van der Waals surface area contributed by atoms with E-state index in [1.165, 1.54) is 0 Å². The molecule has 150 valence electrons. The lowest BCUT2D eigenvalue weighted by molar-refractivity contribution is -0.138. The van der Waals surface area contributed by atoms with E-state index < -0.39 is 6.10 Å². The van der Waals surface area contributed by atoms with Gasteiger partial charge in [-0.3, -0.25) is 4.79 Å². The average molecular weight is 413 g/mol. The lowest BCUT2D eigenvalue weighted by Crippen LogP contribution is -2.43. The van der Waals surface area contributed by atoms with Gasteiger partial charge in [-0.25, -0.2) is 0 Å². The summed E-state index contributed by atoms with van der Waals surface area (Å²) in [5.41, 5.74) is 2.71. The Hall–Kier alpha value is -2.99. The van der Waals surface area contributed by atoms with Gasteiger partial charge in [0.1, 0.15) is 11.5 Å². The van der Waals surface area contributed by atoms with E-state index in [1.54, 1.807) is 43.2 Å². The van der Waals surface area contributed by atoms with E-state index >= 15 is 0 Å². The van der Waals surface area contributed by atoms with Gasteiger partial charge in [-0.2, -0.15) is 0 Å². The first-order valence-electron chi connectivity index (χ1n) is 9.38. The zero-order chi connectivity index (χ0) is 20.4. The van der Waals surface area contributed by atoms with E-state index in [4.69, 9.17) is 25.6 Å². The molecule has 1 aliphatic heterocycles. The van der Waals surface area contributed by atoms with Crippen LogP contribution in [0.3, 0.4) is 0 Å². The molecule has 0 spiro atoms. The monoisotopic (exact) mass is 412 g/mol. The van der Waals surface area contributed by atoms with Gasteiger partial charge in [0.2, 0.25) is 0 Å². The molecule has 0 radical (unpaired) electrons. The Kier molecular flexibility index (Phi) is 5.45. The molecule has 29 heavy (non-hydrogen) atoms. The molecule has 1 aliphatic rings. The van der Waals surface area contributed by atoms with Gasteiger partial charge in [0.25, 0.3) is 5.91 Å². The summed E-state index contributed by atoms with van der Waals surface area (Å²) in [5.74, 6) is 1.96. The maximum Gasteiger partial charge on any atom is 0.263 e. The van der Waals surface area contributed by atoms with Crippen molar-refractivity contribution in [1.82, 2.24) is 10.1 Å². The van der Waals surface area contributed by atoms with Crippen molar-refractivity contribution < 1.29 is 18.8 Å². The van der Waals surface area contributed by atoms with Crippen molar-refractivity contribution in [1.29, 1.82) is 0 Å². The zero-order valence-electron chi connectivity index (χ0n) is 16.2. The number of halogens is 1. The van der Waals surface area contributed by atoms with Crippen LogP contribution in [0.5, 0.6) is 11.5 Å². The second-order valence-electron chi connectivity index (χ2n) is 6.89. The number of carbonyl (C=O) groups excluding carboxylic acids is 1. The molecular weight excluding hydrogens is 392 g/mol. The number of ether oxygens (including phenoxy) is 2. The molecule has 1 unspecified atom stereocenters. The van der Waals surface area contributed by atoms with E-state index in [9.17, 15) is 4.79 Å². The van der Waals surface area contributed by atoms with E-state index in [0.717, 1.165) is 22.6 Å². The van der Waals surface area contributed by atoms with Gasteiger partial charge in [0.15, 0.2) is 11.9 Å². The van der Waals surface area contributed by atoms with Crippen LogP contribution in [0.25, 0.3) is 11.3 Å². The summed E-state index contributed by atoms with van der Waals surface area (Å²) in [6, 6.07) is 14.6. The van der Waals surface area contributed by atoms with E-state index in [-0.39, 0.29) is 5.91 Å². The molecule has 2 heterocycles. The highest BCUT2D eigenvalue weighted by Gasteiger charge is 2.30. The van der Waals surface area contributed by atoms with Crippen molar-refractivity contribution in [3.8, 4) is 22.8 Å². The number of methoxy groups -OCH3 is 1. The molecule has 4 rings (SSSR count). The third kappa shape index (κ3) is 4.07. The molecule has 0 N–H and O–H groups in total. The van der Waals surface area contributed by atoms with Crippen molar-refractivity contribution in [2.24, 2.45) is 0 Å². The van der Waals surface area contributed by atoms with Crippen LogP contribution in [-0.4, -0.2) is 35.7 Å². The van der Waals surface area contributed by atoms with Crippen molar-refractivity contribution >= 4 is 17.5 Å². The number of rotatable bonds is 5. The summed E-state index contributed by atoms with van der Waals surface area (Å²) >= 11 is 5.98. The maximum atomic E-state index is 13.0. The fourth-order valence-corrected chi connectivity index (χ4v) is 3.52. The summed E-state index contributed by atoms with van der Waals surface area (Å²) in [6.07, 6.45) is 0.0386.